The minimum Gasteiger partial charge on any atom is -0.371 e. The molecule has 0 aliphatic carbocycles. The Labute approximate surface area is 160 Å². The molecule has 0 bridgehead atoms. The Kier molecular flexibility index (Phi) is 4.81. The molecule has 4 heterocycles. The van der Waals surface area contributed by atoms with Crippen LogP contribution in [0.1, 0.15) is 40.3 Å². The maximum absolute atomic E-state index is 13.0. The van der Waals surface area contributed by atoms with E-state index in [1.54, 1.807) is 0 Å². The van der Waals surface area contributed by atoms with Gasteiger partial charge in [0.25, 0.3) is 5.91 Å². The van der Waals surface area contributed by atoms with Gasteiger partial charge in [-0.25, -0.2) is 9.97 Å². The summed E-state index contributed by atoms with van der Waals surface area (Å²) in [6.45, 7) is 9.67. The molecule has 4 rings (SSSR count). The molecule has 2 aromatic heterocycles. The van der Waals surface area contributed by atoms with E-state index in [0.717, 1.165) is 56.0 Å². The fourth-order valence-corrected chi connectivity index (χ4v) is 4.40. The molecule has 0 aromatic carbocycles. The quantitative estimate of drug-likeness (QED) is 0.819. The van der Waals surface area contributed by atoms with Crippen LogP contribution in [-0.4, -0.2) is 51.9 Å². The lowest BCUT2D eigenvalue weighted by Crippen LogP contribution is -2.32. The zero-order valence-corrected chi connectivity index (χ0v) is 16.4. The number of hydrogen-bond acceptors (Lipinski definition) is 5. The van der Waals surface area contributed by atoms with Gasteiger partial charge in [0.1, 0.15) is 12.0 Å². The molecule has 0 spiro atoms. The van der Waals surface area contributed by atoms with E-state index < -0.39 is 0 Å². The Morgan fingerprint density at radius 1 is 1.04 bits per heavy atom. The summed E-state index contributed by atoms with van der Waals surface area (Å²) in [5.41, 5.74) is 4.67. The monoisotopic (exact) mass is 365 g/mol. The molecular formula is C21H27N5O. The average Bonchev–Trinajstić information content (AvgIpc) is 2.96. The summed E-state index contributed by atoms with van der Waals surface area (Å²) in [6.07, 6.45) is 5.64. The van der Waals surface area contributed by atoms with Gasteiger partial charge in [0.05, 0.1) is 0 Å². The lowest BCUT2D eigenvalue weighted by molar-refractivity contribution is 0.0775. The molecule has 142 valence electrons. The Morgan fingerprint density at radius 3 is 2.41 bits per heavy atom. The van der Waals surface area contributed by atoms with Crippen molar-refractivity contribution < 1.29 is 4.79 Å². The highest BCUT2D eigenvalue weighted by atomic mass is 16.2. The smallest absolute Gasteiger partial charge is 0.272 e. The van der Waals surface area contributed by atoms with Crippen molar-refractivity contribution in [3.8, 4) is 0 Å². The van der Waals surface area contributed by atoms with Gasteiger partial charge in [0.15, 0.2) is 0 Å². The Hall–Kier alpha value is -2.50. The first-order valence-electron chi connectivity index (χ1n) is 9.78. The fourth-order valence-electron chi connectivity index (χ4n) is 4.40. The maximum Gasteiger partial charge on any atom is 0.272 e. The maximum atomic E-state index is 13.0. The number of likely N-dealkylation sites (tertiary alicyclic amines) is 1. The van der Waals surface area contributed by atoms with Crippen molar-refractivity contribution >= 4 is 11.6 Å². The summed E-state index contributed by atoms with van der Waals surface area (Å²) in [5, 5.41) is 0. The van der Waals surface area contributed by atoms with Crippen LogP contribution in [0.5, 0.6) is 0 Å². The minimum absolute atomic E-state index is 0.0627. The summed E-state index contributed by atoms with van der Waals surface area (Å²) in [4.78, 5) is 30.2. The van der Waals surface area contributed by atoms with Gasteiger partial charge in [-0.15, -0.1) is 0 Å². The normalized spacial score (nSPS) is 22.5. The Morgan fingerprint density at radius 2 is 1.74 bits per heavy atom. The van der Waals surface area contributed by atoms with E-state index in [1.807, 2.05) is 31.9 Å². The molecule has 6 nitrogen and oxygen atoms in total. The third kappa shape index (κ3) is 3.53. The van der Waals surface area contributed by atoms with Crippen molar-refractivity contribution in [2.24, 2.45) is 11.8 Å². The molecule has 2 atom stereocenters. The number of aromatic nitrogens is 3. The third-order valence-corrected chi connectivity index (χ3v) is 6.19. The molecule has 0 saturated carbocycles. The highest BCUT2D eigenvalue weighted by Gasteiger charge is 2.37. The third-order valence-electron chi connectivity index (χ3n) is 6.19. The van der Waals surface area contributed by atoms with Gasteiger partial charge in [0.2, 0.25) is 0 Å². The molecule has 0 radical (unpaired) electrons. The lowest BCUT2D eigenvalue weighted by Gasteiger charge is -2.24. The van der Waals surface area contributed by atoms with Crippen LogP contribution >= 0.6 is 0 Å². The van der Waals surface area contributed by atoms with E-state index in [2.05, 4.69) is 32.0 Å². The molecule has 1 amide bonds. The van der Waals surface area contributed by atoms with Crippen LogP contribution in [0.15, 0.2) is 24.7 Å². The zero-order chi connectivity index (χ0) is 19.0. The number of nitrogens with zero attached hydrogens (tertiary/aromatic N) is 5. The number of hydrogen-bond donors (Lipinski definition) is 0. The van der Waals surface area contributed by atoms with Crippen molar-refractivity contribution in [2.75, 3.05) is 31.1 Å². The summed E-state index contributed by atoms with van der Waals surface area (Å²) >= 11 is 0. The first kappa shape index (κ1) is 17.9. The van der Waals surface area contributed by atoms with Gasteiger partial charge in [-0.1, -0.05) is 0 Å². The number of pyridine rings is 1. The predicted octanol–water partition coefficient (Wildman–Crippen LogP) is 2.79. The Balaban J connectivity index is 1.44. The van der Waals surface area contributed by atoms with Crippen LogP contribution in [0, 0.1) is 32.6 Å². The van der Waals surface area contributed by atoms with Gasteiger partial charge in [-0.2, -0.15) is 0 Å². The van der Waals surface area contributed by atoms with Crippen LogP contribution in [0.3, 0.4) is 0 Å². The molecular weight excluding hydrogens is 338 g/mol. The molecule has 0 unspecified atom stereocenters. The second-order valence-corrected chi connectivity index (χ2v) is 7.88. The average molecular weight is 365 g/mol. The molecule has 27 heavy (non-hydrogen) atoms. The summed E-state index contributed by atoms with van der Waals surface area (Å²) in [5.74, 6) is 1.21. The number of carbonyl (C=O) groups is 1. The summed E-state index contributed by atoms with van der Waals surface area (Å²) < 4.78 is 0. The van der Waals surface area contributed by atoms with Crippen LogP contribution in [0.4, 0.5) is 5.69 Å². The van der Waals surface area contributed by atoms with E-state index >= 15 is 0 Å². The SMILES string of the molecule is Cc1cc(N2CC[C@@H]3CN(C(=O)c4ncnc(C)c4C)C[C@@H]3CC2)ccn1. The van der Waals surface area contributed by atoms with Gasteiger partial charge >= 0.3 is 0 Å². The van der Waals surface area contributed by atoms with Crippen molar-refractivity contribution in [2.45, 2.75) is 33.6 Å². The number of rotatable bonds is 2. The fraction of sp³-hybridized carbons (Fsp3) is 0.524. The molecule has 2 saturated heterocycles. The highest BCUT2D eigenvalue weighted by Crippen LogP contribution is 2.34. The van der Waals surface area contributed by atoms with Crippen LogP contribution in [-0.2, 0) is 0 Å². The molecule has 2 fully saturated rings. The summed E-state index contributed by atoms with van der Waals surface area (Å²) in [6, 6.07) is 4.27. The van der Waals surface area contributed by atoms with Gasteiger partial charge < -0.3 is 9.80 Å². The van der Waals surface area contributed by atoms with Crippen molar-refractivity contribution in [1.29, 1.82) is 0 Å². The van der Waals surface area contributed by atoms with Gasteiger partial charge in [-0.05, 0) is 57.6 Å². The first-order chi connectivity index (χ1) is 13.0. The standard InChI is InChI=1S/C21H27N5O/c1-14-10-19(4-7-22-14)25-8-5-17-11-26(12-18(17)6-9-25)21(27)20-15(2)16(3)23-13-24-20/h4,7,10,13,17-18H,5-6,8-9,11-12H2,1-3H3/t17-,18+. The second-order valence-electron chi connectivity index (χ2n) is 7.88. The van der Waals surface area contributed by atoms with E-state index in [0.29, 0.717) is 17.5 Å². The van der Waals surface area contributed by atoms with Gasteiger partial charge in [-0.3, -0.25) is 9.78 Å². The van der Waals surface area contributed by atoms with Crippen LogP contribution < -0.4 is 4.90 Å². The molecule has 6 heteroatoms. The molecule has 2 aliphatic rings. The first-order valence-corrected chi connectivity index (χ1v) is 9.78. The predicted molar refractivity (Wildman–Crippen MR) is 105 cm³/mol. The van der Waals surface area contributed by atoms with E-state index in [-0.39, 0.29) is 5.91 Å². The number of fused-ring (bicyclic) bond motifs is 1. The van der Waals surface area contributed by atoms with Crippen LogP contribution in [0.25, 0.3) is 0 Å². The Bertz CT molecular complexity index is 836. The lowest BCUT2D eigenvalue weighted by atomic mass is 9.92. The van der Waals surface area contributed by atoms with Crippen molar-refractivity contribution in [3.63, 3.8) is 0 Å². The van der Waals surface area contributed by atoms with E-state index in [4.69, 9.17) is 0 Å². The van der Waals surface area contributed by atoms with E-state index in [9.17, 15) is 4.79 Å². The van der Waals surface area contributed by atoms with Crippen LogP contribution in [0.2, 0.25) is 0 Å². The molecule has 0 N–H and O–H groups in total. The number of carbonyl (C=O) groups excluding carboxylic acids is 1. The van der Waals surface area contributed by atoms with Crippen molar-refractivity contribution in [1.82, 2.24) is 19.9 Å². The largest absolute Gasteiger partial charge is 0.371 e. The zero-order valence-electron chi connectivity index (χ0n) is 16.4. The molecule has 2 aromatic rings. The second kappa shape index (κ2) is 7.25. The number of aryl methyl sites for hydroxylation is 2. The summed E-state index contributed by atoms with van der Waals surface area (Å²) in [7, 11) is 0. The molecule has 2 aliphatic heterocycles. The van der Waals surface area contributed by atoms with E-state index in [1.165, 1.54) is 12.0 Å². The van der Waals surface area contributed by atoms with Crippen molar-refractivity contribution in [3.05, 3.63) is 47.3 Å². The number of amides is 1. The minimum atomic E-state index is 0.0627. The highest BCUT2D eigenvalue weighted by molar-refractivity contribution is 5.94. The number of anilines is 1. The van der Waals surface area contributed by atoms with Gasteiger partial charge in [0, 0.05) is 55.0 Å². The topological polar surface area (TPSA) is 62.2 Å².